The average molecular weight is 425 g/mol. The third kappa shape index (κ3) is 3.66. The summed E-state index contributed by atoms with van der Waals surface area (Å²) < 4.78 is 0. The summed E-state index contributed by atoms with van der Waals surface area (Å²) in [5.74, 6) is 0.691. The molecule has 0 aliphatic carbocycles. The van der Waals surface area contributed by atoms with Crippen molar-refractivity contribution in [3.05, 3.63) is 74.9 Å². The van der Waals surface area contributed by atoms with Crippen molar-refractivity contribution in [2.45, 2.75) is 13.8 Å². The molecular formula is C21H17ClN4O2S. The molecule has 4 rings (SSSR count). The first-order valence-corrected chi connectivity index (χ1v) is 10.3. The van der Waals surface area contributed by atoms with Crippen molar-refractivity contribution in [2.24, 2.45) is 0 Å². The standard InChI is InChI=1S/C21H17ClN4O2S/c1-3-25(15-8-4-6-13(2)10-15)19-18-17(12-29-20(18)24-21(22)23-19)14-7-5-9-16(11-14)26(27)28/h4-12H,3H2,1-2H3. The van der Waals surface area contributed by atoms with Crippen LogP contribution in [0.15, 0.2) is 53.9 Å². The number of hydrogen-bond acceptors (Lipinski definition) is 6. The molecule has 0 spiro atoms. The highest BCUT2D eigenvalue weighted by atomic mass is 35.5. The molecule has 0 radical (unpaired) electrons. The van der Waals surface area contributed by atoms with Crippen molar-refractivity contribution in [3.63, 3.8) is 0 Å². The average Bonchev–Trinajstić information content (AvgIpc) is 3.12. The number of hydrogen-bond donors (Lipinski definition) is 0. The van der Waals surface area contributed by atoms with Gasteiger partial charge in [0.25, 0.3) is 5.69 Å². The van der Waals surface area contributed by atoms with E-state index in [-0.39, 0.29) is 11.0 Å². The van der Waals surface area contributed by atoms with Crippen molar-refractivity contribution in [1.82, 2.24) is 9.97 Å². The Morgan fingerprint density at radius 3 is 2.69 bits per heavy atom. The summed E-state index contributed by atoms with van der Waals surface area (Å²) in [6.45, 7) is 4.76. The molecule has 146 valence electrons. The van der Waals surface area contributed by atoms with Crippen molar-refractivity contribution in [3.8, 4) is 11.1 Å². The first-order valence-electron chi connectivity index (χ1n) is 9.01. The Morgan fingerprint density at radius 1 is 1.17 bits per heavy atom. The molecule has 29 heavy (non-hydrogen) atoms. The zero-order valence-electron chi connectivity index (χ0n) is 15.8. The van der Waals surface area contributed by atoms with Crippen LogP contribution in [0.2, 0.25) is 5.28 Å². The number of benzene rings is 2. The van der Waals surface area contributed by atoms with E-state index >= 15 is 0 Å². The molecule has 0 saturated carbocycles. The molecule has 0 aliphatic heterocycles. The molecule has 2 heterocycles. The topological polar surface area (TPSA) is 72.2 Å². The Bertz CT molecular complexity index is 1220. The van der Waals surface area contributed by atoms with Crippen molar-refractivity contribution < 1.29 is 4.92 Å². The second-order valence-corrected chi connectivity index (χ2v) is 7.73. The van der Waals surface area contributed by atoms with Crippen LogP contribution < -0.4 is 4.90 Å². The van der Waals surface area contributed by atoms with E-state index in [4.69, 9.17) is 11.6 Å². The minimum absolute atomic E-state index is 0.0457. The van der Waals surface area contributed by atoms with Gasteiger partial charge in [0.2, 0.25) is 5.28 Å². The van der Waals surface area contributed by atoms with Crippen LogP contribution in [-0.4, -0.2) is 21.4 Å². The molecule has 8 heteroatoms. The van der Waals surface area contributed by atoms with Crippen LogP contribution in [-0.2, 0) is 0 Å². The molecule has 6 nitrogen and oxygen atoms in total. The molecular weight excluding hydrogens is 408 g/mol. The summed E-state index contributed by atoms with van der Waals surface area (Å²) in [6, 6.07) is 14.8. The summed E-state index contributed by atoms with van der Waals surface area (Å²) in [4.78, 5) is 22.6. The lowest BCUT2D eigenvalue weighted by molar-refractivity contribution is -0.384. The van der Waals surface area contributed by atoms with Crippen LogP contribution in [0, 0.1) is 17.0 Å². The van der Waals surface area contributed by atoms with Gasteiger partial charge in [-0.05, 0) is 48.7 Å². The molecule has 4 aromatic rings. The Balaban J connectivity index is 1.96. The van der Waals surface area contributed by atoms with Crippen LogP contribution in [0.3, 0.4) is 0 Å². The van der Waals surface area contributed by atoms with E-state index in [0.29, 0.717) is 12.4 Å². The van der Waals surface area contributed by atoms with E-state index in [1.54, 1.807) is 12.1 Å². The van der Waals surface area contributed by atoms with Gasteiger partial charge in [-0.2, -0.15) is 4.98 Å². The van der Waals surface area contributed by atoms with E-state index < -0.39 is 4.92 Å². The number of fused-ring (bicyclic) bond motifs is 1. The maximum atomic E-state index is 11.2. The number of rotatable bonds is 5. The lowest BCUT2D eigenvalue weighted by atomic mass is 10.0. The number of nitro groups is 1. The van der Waals surface area contributed by atoms with Crippen LogP contribution >= 0.6 is 22.9 Å². The molecule has 0 amide bonds. The predicted molar refractivity (Wildman–Crippen MR) is 118 cm³/mol. The van der Waals surface area contributed by atoms with Crippen molar-refractivity contribution in [2.75, 3.05) is 11.4 Å². The van der Waals surface area contributed by atoms with Crippen LogP contribution in [0.1, 0.15) is 12.5 Å². The minimum atomic E-state index is -0.391. The van der Waals surface area contributed by atoms with Gasteiger partial charge in [0.05, 0.1) is 10.3 Å². The summed E-state index contributed by atoms with van der Waals surface area (Å²) in [6.07, 6.45) is 0. The Kier molecular flexibility index (Phi) is 5.17. The Hall–Kier alpha value is -3.03. The number of aromatic nitrogens is 2. The summed E-state index contributed by atoms with van der Waals surface area (Å²) in [5.41, 5.74) is 3.79. The summed E-state index contributed by atoms with van der Waals surface area (Å²) in [7, 11) is 0. The zero-order valence-corrected chi connectivity index (χ0v) is 17.4. The second-order valence-electron chi connectivity index (χ2n) is 6.54. The van der Waals surface area contributed by atoms with Gasteiger partial charge in [0, 0.05) is 35.3 Å². The monoisotopic (exact) mass is 424 g/mol. The molecule has 0 unspecified atom stereocenters. The highest BCUT2D eigenvalue weighted by Gasteiger charge is 2.21. The first kappa shape index (κ1) is 19.3. The largest absolute Gasteiger partial charge is 0.326 e. The maximum absolute atomic E-state index is 11.2. The third-order valence-electron chi connectivity index (χ3n) is 4.64. The number of halogens is 1. The summed E-state index contributed by atoms with van der Waals surface area (Å²) >= 11 is 7.68. The molecule has 0 bridgehead atoms. The van der Waals surface area contributed by atoms with Crippen molar-refractivity contribution in [1.29, 1.82) is 0 Å². The fourth-order valence-corrected chi connectivity index (χ4v) is 4.50. The molecule has 0 N–H and O–H groups in total. The number of thiophene rings is 1. The molecule has 0 aliphatic rings. The van der Waals surface area contributed by atoms with Gasteiger partial charge in [-0.25, -0.2) is 4.98 Å². The highest BCUT2D eigenvalue weighted by molar-refractivity contribution is 7.17. The zero-order chi connectivity index (χ0) is 20.5. The van der Waals surface area contributed by atoms with Gasteiger partial charge in [-0.3, -0.25) is 10.1 Å². The van der Waals surface area contributed by atoms with Gasteiger partial charge >= 0.3 is 0 Å². The van der Waals surface area contributed by atoms with Crippen LogP contribution in [0.4, 0.5) is 17.2 Å². The number of aryl methyl sites for hydroxylation is 1. The van der Waals surface area contributed by atoms with E-state index in [9.17, 15) is 10.1 Å². The Morgan fingerprint density at radius 2 is 1.97 bits per heavy atom. The molecule has 0 fully saturated rings. The highest BCUT2D eigenvalue weighted by Crippen LogP contribution is 2.41. The molecule has 0 atom stereocenters. The normalized spacial score (nSPS) is 11.0. The quantitative estimate of drug-likeness (QED) is 0.211. The second kappa shape index (κ2) is 7.77. The fraction of sp³-hybridized carbons (Fsp3) is 0.143. The molecule has 0 saturated heterocycles. The lowest BCUT2D eigenvalue weighted by Gasteiger charge is -2.24. The number of anilines is 2. The van der Waals surface area contributed by atoms with E-state index in [2.05, 4.69) is 20.9 Å². The van der Waals surface area contributed by atoms with Gasteiger partial charge in [-0.15, -0.1) is 11.3 Å². The molecule has 2 aromatic heterocycles. The van der Waals surface area contributed by atoms with Crippen LogP contribution in [0.25, 0.3) is 21.3 Å². The smallest absolute Gasteiger partial charge is 0.270 e. The SMILES string of the molecule is CCN(c1cccc(C)c1)c1nc(Cl)nc2scc(-c3cccc([N+](=O)[O-])c3)c12. The first-order chi connectivity index (χ1) is 14.0. The minimum Gasteiger partial charge on any atom is -0.326 e. The van der Waals surface area contributed by atoms with E-state index in [1.165, 1.54) is 17.4 Å². The van der Waals surface area contributed by atoms with Crippen LogP contribution in [0.5, 0.6) is 0 Å². The summed E-state index contributed by atoms with van der Waals surface area (Å²) in [5, 5.41) is 14.2. The van der Waals surface area contributed by atoms with E-state index in [1.807, 2.05) is 43.5 Å². The Labute approximate surface area is 176 Å². The van der Waals surface area contributed by atoms with Gasteiger partial charge in [-0.1, -0.05) is 24.3 Å². The van der Waals surface area contributed by atoms with Crippen molar-refractivity contribution >= 4 is 50.3 Å². The maximum Gasteiger partial charge on any atom is 0.270 e. The number of nitrogens with zero attached hydrogens (tertiary/aromatic N) is 4. The number of nitro benzene ring substituents is 1. The molecule has 2 aromatic carbocycles. The fourth-order valence-electron chi connectivity index (χ4n) is 3.34. The van der Waals surface area contributed by atoms with Gasteiger partial charge < -0.3 is 4.90 Å². The van der Waals surface area contributed by atoms with E-state index in [0.717, 1.165) is 32.6 Å². The lowest BCUT2D eigenvalue weighted by Crippen LogP contribution is -2.18. The van der Waals surface area contributed by atoms with Gasteiger partial charge in [0.1, 0.15) is 10.6 Å². The van der Waals surface area contributed by atoms with Gasteiger partial charge in [0.15, 0.2) is 0 Å². The number of non-ortho nitro benzene ring substituents is 1. The third-order valence-corrected chi connectivity index (χ3v) is 5.68. The predicted octanol–water partition coefficient (Wildman–Crippen LogP) is 6.39.